The van der Waals surface area contributed by atoms with Gasteiger partial charge in [0.2, 0.25) is 5.91 Å². The number of rotatable bonds is 5. The van der Waals surface area contributed by atoms with E-state index in [2.05, 4.69) is 15.6 Å². The molecule has 2 aromatic carbocycles. The normalized spacial score (nSPS) is 12.4. The molecule has 2 heterocycles. The molecular formula is C21H20N4O3S. The molecule has 3 amide bonds. The highest BCUT2D eigenvalue weighted by atomic mass is 32.1. The lowest BCUT2D eigenvalue weighted by atomic mass is 10.2. The zero-order chi connectivity index (χ0) is 20.2. The maximum absolute atomic E-state index is 12.7. The fourth-order valence-electron chi connectivity index (χ4n) is 3.29. The lowest BCUT2D eigenvalue weighted by molar-refractivity contribution is -0.117. The molecule has 8 heteroatoms. The van der Waals surface area contributed by atoms with E-state index in [1.54, 1.807) is 29.5 Å². The zero-order valence-corrected chi connectivity index (χ0v) is 16.7. The number of anilines is 3. The van der Waals surface area contributed by atoms with E-state index in [-0.39, 0.29) is 12.3 Å². The minimum atomic E-state index is -0.421. The number of carbonyl (C=O) groups is 2. The smallest absolute Gasteiger partial charge is 0.325 e. The summed E-state index contributed by atoms with van der Waals surface area (Å²) in [5, 5.41) is 7.65. The van der Waals surface area contributed by atoms with Crippen molar-refractivity contribution in [2.45, 2.75) is 12.8 Å². The molecule has 1 aliphatic heterocycles. The number of carbonyl (C=O) groups excluding carboxylic acids is 2. The van der Waals surface area contributed by atoms with Crippen molar-refractivity contribution in [3.05, 3.63) is 65.2 Å². The van der Waals surface area contributed by atoms with Crippen LogP contribution < -0.4 is 20.3 Å². The summed E-state index contributed by atoms with van der Waals surface area (Å²) in [6.45, 7) is 0.689. The minimum Gasteiger partial charge on any atom is -0.495 e. The second-order valence-electron chi connectivity index (χ2n) is 6.52. The van der Waals surface area contributed by atoms with Crippen molar-refractivity contribution in [1.29, 1.82) is 0 Å². The Bertz CT molecular complexity index is 1050. The number of nitrogens with zero attached hydrogens (tertiary/aromatic N) is 2. The highest BCUT2D eigenvalue weighted by Gasteiger charge is 2.24. The van der Waals surface area contributed by atoms with E-state index >= 15 is 0 Å². The molecule has 0 spiro atoms. The quantitative estimate of drug-likeness (QED) is 0.670. The summed E-state index contributed by atoms with van der Waals surface area (Å²) in [5.74, 6) is 0.573. The third-order valence-electron chi connectivity index (χ3n) is 4.65. The molecule has 0 bridgehead atoms. The number of nitrogens with one attached hydrogen (secondary N) is 2. The fourth-order valence-corrected chi connectivity index (χ4v) is 4.00. The number of methoxy groups -OCH3 is 1. The molecule has 0 atom stereocenters. The third-order valence-corrected chi connectivity index (χ3v) is 5.45. The van der Waals surface area contributed by atoms with Crippen LogP contribution in [0.15, 0.2) is 53.9 Å². The summed E-state index contributed by atoms with van der Waals surface area (Å²) in [5.41, 5.74) is 3.36. The molecule has 2 N–H and O–H groups in total. The van der Waals surface area contributed by atoms with Gasteiger partial charge in [0.05, 0.1) is 24.9 Å². The Labute approximate surface area is 172 Å². The fraction of sp³-hybridized carbons (Fsp3) is 0.190. The Kier molecular flexibility index (Phi) is 5.44. The summed E-state index contributed by atoms with van der Waals surface area (Å²) in [7, 11) is 1.54. The SMILES string of the molecule is COc1ccccc1NC(=O)Nc1nc(CC(=O)N2CCc3ccccc32)cs1. The topological polar surface area (TPSA) is 83.6 Å². The van der Waals surface area contributed by atoms with Crippen molar-refractivity contribution in [3.8, 4) is 5.75 Å². The first kappa shape index (κ1) is 18.9. The number of para-hydroxylation sites is 3. The number of benzene rings is 2. The molecule has 0 radical (unpaired) electrons. The van der Waals surface area contributed by atoms with Gasteiger partial charge in [0, 0.05) is 17.6 Å². The monoisotopic (exact) mass is 408 g/mol. The average molecular weight is 408 g/mol. The van der Waals surface area contributed by atoms with Crippen molar-refractivity contribution in [1.82, 2.24) is 4.98 Å². The molecular weight excluding hydrogens is 388 g/mol. The van der Waals surface area contributed by atoms with Gasteiger partial charge in [0.15, 0.2) is 5.13 Å². The Morgan fingerprint density at radius 1 is 1.14 bits per heavy atom. The van der Waals surface area contributed by atoms with E-state index in [1.807, 2.05) is 36.4 Å². The van der Waals surface area contributed by atoms with Gasteiger partial charge in [-0.3, -0.25) is 10.1 Å². The molecule has 29 heavy (non-hydrogen) atoms. The Morgan fingerprint density at radius 2 is 1.93 bits per heavy atom. The van der Waals surface area contributed by atoms with Crippen LogP contribution in [0.1, 0.15) is 11.3 Å². The second-order valence-corrected chi connectivity index (χ2v) is 7.38. The number of urea groups is 1. The number of hydrogen-bond donors (Lipinski definition) is 2. The van der Waals surface area contributed by atoms with Gasteiger partial charge in [-0.2, -0.15) is 0 Å². The van der Waals surface area contributed by atoms with Crippen LogP contribution >= 0.6 is 11.3 Å². The van der Waals surface area contributed by atoms with Crippen LogP contribution in [0.2, 0.25) is 0 Å². The molecule has 3 aromatic rings. The molecule has 0 unspecified atom stereocenters. The molecule has 4 rings (SSSR count). The van der Waals surface area contributed by atoms with Crippen molar-refractivity contribution in [2.75, 3.05) is 29.2 Å². The maximum atomic E-state index is 12.7. The van der Waals surface area contributed by atoms with Gasteiger partial charge in [0.1, 0.15) is 5.75 Å². The molecule has 7 nitrogen and oxygen atoms in total. The first-order valence-electron chi connectivity index (χ1n) is 9.18. The predicted octanol–water partition coefficient (Wildman–Crippen LogP) is 3.93. The summed E-state index contributed by atoms with van der Waals surface area (Å²) >= 11 is 1.28. The molecule has 1 aliphatic rings. The lowest BCUT2D eigenvalue weighted by Crippen LogP contribution is -2.30. The lowest BCUT2D eigenvalue weighted by Gasteiger charge is -2.16. The molecule has 0 saturated carbocycles. The van der Waals surface area contributed by atoms with Gasteiger partial charge in [-0.1, -0.05) is 30.3 Å². The van der Waals surface area contributed by atoms with Crippen molar-refractivity contribution < 1.29 is 14.3 Å². The molecule has 0 saturated heterocycles. The molecule has 1 aromatic heterocycles. The standard InChI is InChI=1S/C21H20N4O3S/c1-28-18-9-5-3-7-16(18)23-20(27)24-21-22-15(13-29-21)12-19(26)25-11-10-14-6-2-4-8-17(14)25/h2-9,13H,10-12H2,1H3,(H2,22,23,24,27). The zero-order valence-electron chi connectivity index (χ0n) is 15.8. The van der Waals surface area contributed by atoms with E-state index < -0.39 is 6.03 Å². The molecule has 0 aliphatic carbocycles. The van der Waals surface area contributed by atoms with E-state index in [0.717, 1.165) is 12.1 Å². The molecule has 0 fully saturated rings. The predicted molar refractivity (Wildman–Crippen MR) is 114 cm³/mol. The Hall–Kier alpha value is -3.39. The Balaban J connectivity index is 1.36. The summed E-state index contributed by atoms with van der Waals surface area (Å²) in [6.07, 6.45) is 1.07. The van der Waals surface area contributed by atoms with Crippen molar-refractivity contribution in [3.63, 3.8) is 0 Å². The van der Waals surface area contributed by atoms with Crippen molar-refractivity contribution in [2.24, 2.45) is 0 Å². The van der Waals surface area contributed by atoms with Gasteiger partial charge in [-0.25, -0.2) is 9.78 Å². The number of thiazole rings is 1. The average Bonchev–Trinajstić information content (AvgIpc) is 3.35. The largest absolute Gasteiger partial charge is 0.495 e. The highest BCUT2D eigenvalue weighted by Crippen LogP contribution is 2.28. The number of hydrogen-bond acceptors (Lipinski definition) is 5. The van der Waals surface area contributed by atoms with Crippen molar-refractivity contribution >= 4 is 39.8 Å². The van der Waals surface area contributed by atoms with Gasteiger partial charge in [0.25, 0.3) is 0 Å². The highest BCUT2D eigenvalue weighted by molar-refractivity contribution is 7.14. The first-order valence-corrected chi connectivity index (χ1v) is 10.1. The minimum absolute atomic E-state index is 0.00488. The first-order chi connectivity index (χ1) is 14.1. The molecule has 148 valence electrons. The van der Waals surface area contributed by atoms with Crippen LogP contribution in [0.25, 0.3) is 0 Å². The van der Waals surface area contributed by atoms with Gasteiger partial charge in [-0.05, 0) is 30.2 Å². The van der Waals surface area contributed by atoms with Gasteiger partial charge >= 0.3 is 6.03 Å². The summed E-state index contributed by atoms with van der Waals surface area (Å²) in [4.78, 5) is 31.1. The van der Waals surface area contributed by atoms with Crippen LogP contribution in [0.4, 0.5) is 21.3 Å². The second kappa shape index (κ2) is 8.32. The van der Waals surface area contributed by atoms with Crippen LogP contribution in [0, 0.1) is 0 Å². The number of amides is 3. The van der Waals surface area contributed by atoms with E-state index in [9.17, 15) is 9.59 Å². The van der Waals surface area contributed by atoms with Crippen LogP contribution in [0.5, 0.6) is 5.75 Å². The third kappa shape index (κ3) is 4.22. The van der Waals surface area contributed by atoms with E-state index in [4.69, 9.17) is 4.74 Å². The van der Waals surface area contributed by atoms with Gasteiger partial charge < -0.3 is 15.0 Å². The summed E-state index contributed by atoms with van der Waals surface area (Å²) in [6, 6.07) is 14.7. The van der Waals surface area contributed by atoms with Gasteiger partial charge in [-0.15, -0.1) is 11.3 Å². The number of aromatic nitrogens is 1. The summed E-state index contributed by atoms with van der Waals surface area (Å²) < 4.78 is 5.22. The van der Waals surface area contributed by atoms with E-state index in [1.165, 1.54) is 16.9 Å². The van der Waals surface area contributed by atoms with E-state index in [0.29, 0.717) is 28.8 Å². The Morgan fingerprint density at radius 3 is 2.79 bits per heavy atom. The van der Waals surface area contributed by atoms with Crippen LogP contribution in [-0.4, -0.2) is 30.6 Å². The van der Waals surface area contributed by atoms with Crippen LogP contribution in [-0.2, 0) is 17.6 Å². The van der Waals surface area contributed by atoms with Crippen LogP contribution in [0.3, 0.4) is 0 Å². The number of ether oxygens (including phenoxy) is 1. The number of fused-ring (bicyclic) bond motifs is 1. The maximum Gasteiger partial charge on any atom is 0.325 e.